The SMILES string of the molecule is N#Cc1ccc(-n2c(SCC(=O)NC3CC3)nc3ccccc3c2=O)cc1. The van der Waals surface area contributed by atoms with E-state index in [1.165, 1.54) is 16.3 Å². The lowest BCUT2D eigenvalue weighted by Crippen LogP contribution is -2.28. The Balaban J connectivity index is 1.75. The van der Waals surface area contributed by atoms with Crippen LogP contribution < -0.4 is 10.9 Å². The Bertz CT molecular complexity index is 1110. The van der Waals surface area contributed by atoms with Crippen molar-refractivity contribution in [1.29, 1.82) is 5.26 Å². The second-order valence-corrected chi connectivity index (χ2v) is 7.28. The molecule has 0 atom stereocenters. The van der Waals surface area contributed by atoms with Gasteiger partial charge >= 0.3 is 0 Å². The maximum atomic E-state index is 13.1. The van der Waals surface area contributed by atoms with Crippen molar-refractivity contribution < 1.29 is 4.79 Å². The Kier molecular flexibility index (Phi) is 4.65. The van der Waals surface area contributed by atoms with E-state index in [4.69, 9.17) is 5.26 Å². The number of hydrogen-bond acceptors (Lipinski definition) is 5. The van der Waals surface area contributed by atoms with Gasteiger partial charge in [-0.2, -0.15) is 5.26 Å². The number of amides is 1. The van der Waals surface area contributed by atoms with E-state index in [-0.39, 0.29) is 17.2 Å². The molecule has 0 aliphatic heterocycles. The Morgan fingerprint density at radius 3 is 2.67 bits per heavy atom. The number of carbonyl (C=O) groups is 1. The third-order valence-electron chi connectivity index (χ3n) is 4.27. The van der Waals surface area contributed by atoms with Crippen LogP contribution in [0.5, 0.6) is 0 Å². The van der Waals surface area contributed by atoms with Crippen LogP contribution in [-0.4, -0.2) is 27.3 Å². The van der Waals surface area contributed by atoms with Gasteiger partial charge in [0.15, 0.2) is 5.16 Å². The minimum absolute atomic E-state index is 0.0590. The summed E-state index contributed by atoms with van der Waals surface area (Å²) in [6, 6.07) is 16.2. The van der Waals surface area contributed by atoms with Gasteiger partial charge in [-0.15, -0.1) is 0 Å². The van der Waals surface area contributed by atoms with E-state index in [9.17, 15) is 9.59 Å². The molecule has 1 N–H and O–H groups in total. The molecule has 2 aromatic carbocycles. The standard InChI is InChI=1S/C20H16N4O2S/c21-11-13-5-9-15(10-6-13)24-19(26)16-3-1-2-4-17(16)23-20(24)27-12-18(25)22-14-7-8-14/h1-6,9-10,14H,7-8,12H2,(H,22,25). The predicted molar refractivity (Wildman–Crippen MR) is 104 cm³/mol. The summed E-state index contributed by atoms with van der Waals surface area (Å²) in [4.78, 5) is 29.7. The third kappa shape index (κ3) is 3.71. The van der Waals surface area contributed by atoms with E-state index in [1.807, 2.05) is 6.07 Å². The van der Waals surface area contributed by atoms with Crippen LogP contribution in [0.3, 0.4) is 0 Å². The van der Waals surface area contributed by atoms with Gasteiger partial charge in [0.05, 0.1) is 34.0 Å². The van der Waals surface area contributed by atoms with Crippen LogP contribution in [0.1, 0.15) is 18.4 Å². The number of carbonyl (C=O) groups excluding carboxylic acids is 1. The van der Waals surface area contributed by atoms with Crippen molar-refractivity contribution in [3.8, 4) is 11.8 Å². The number of aromatic nitrogens is 2. The van der Waals surface area contributed by atoms with Gasteiger partial charge in [0.25, 0.3) is 5.56 Å². The molecular weight excluding hydrogens is 360 g/mol. The maximum Gasteiger partial charge on any atom is 0.266 e. The number of rotatable bonds is 5. The molecule has 1 heterocycles. The summed E-state index contributed by atoms with van der Waals surface area (Å²) in [7, 11) is 0. The minimum Gasteiger partial charge on any atom is -0.353 e. The molecule has 6 nitrogen and oxygen atoms in total. The molecule has 1 aliphatic rings. The normalized spacial score (nSPS) is 13.3. The quantitative estimate of drug-likeness (QED) is 0.546. The third-order valence-corrected chi connectivity index (χ3v) is 5.21. The van der Waals surface area contributed by atoms with Crippen molar-refractivity contribution in [2.45, 2.75) is 24.0 Å². The van der Waals surface area contributed by atoms with Crippen LogP contribution >= 0.6 is 11.8 Å². The van der Waals surface area contributed by atoms with Gasteiger partial charge < -0.3 is 5.32 Å². The van der Waals surface area contributed by atoms with Crippen molar-refractivity contribution in [3.63, 3.8) is 0 Å². The predicted octanol–water partition coefficient (Wildman–Crippen LogP) is 2.63. The molecule has 1 aromatic heterocycles. The fourth-order valence-electron chi connectivity index (χ4n) is 2.75. The van der Waals surface area contributed by atoms with Crippen LogP contribution in [0, 0.1) is 11.3 Å². The number of fused-ring (bicyclic) bond motifs is 1. The highest BCUT2D eigenvalue weighted by atomic mass is 32.2. The zero-order chi connectivity index (χ0) is 18.8. The molecule has 0 saturated heterocycles. The van der Waals surface area contributed by atoms with E-state index in [2.05, 4.69) is 16.4 Å². The van der Waals surface area contributed by atoms with Crippen LogP contribution in [-0.2, 0) is 4.79 Å². The smallest absolute Gasteiger partial charge is 0.266 e. The molecule has 7 heteroatoms. The molecule has 0 radical (unpaired) electrons. The monoisotopic (exact) mass is 376 g/mol. The average molecular weight is 376 g/mol. The molecule has 1 fully saturated rings. The summed E-state index contributed by atoms with van der Waals surface area (Å²) >= 11 is 1.23. The highest BCUT2D eigenvalue weighted by Crippen LogP contribution is 2.23. The molecule has 134 valence electrons. The molecule has 0 spiro atoms. The minimum atomic E-state index is -0.199. The second-order valence-electron chi connectivity index (χ2n) is 6.34. The Morgan fingerprint density at radius 1 is 1.22 bits per heavy atom. The molecule has 4 rings (SSSR count). The average Bonchev–Trinajstić information content (AvgIpc) is 3.51. The van der Waals surface area contributed by atoms with Gasteiger partial charge in [-0.25, -0.2) is 4.98 Å². The van der Waals surface area contributed by atoms with Crippen molar-refractivity contribution >= 4 is 28.6 Å². The van der Waals surface area contributed by atoms with Gasteiger partial charge in [-0.05, 0) is 49.2 Å². The number of hydrogen-bond donors (Lipinski definition) is 1. The van der Waals surface area contributed by atoms with E-state index in [0.29, 0.717) is 33.4 Å². The van der Waals surface area contributed by atoms with Gasteiger partial charge in [0, 0.05) is 6.04 Å². The molecule has 3 aromatic rings. The van der Waals surface area contributed by atoms with Gasteiger partial charge in [0.2, 0.25) is 5.91 Å². The fraction of sp³-hybridized carbons (Fsp3) is 0.200. The lowest BCUT2D eigenvalue weighted by Gasteiger charge is -2.13. The van der Waals surface area contributed by atoms with Crippen LogP contribution in [0.25, 0.3) is 16.6 Å². The molecule has 1 amide bonds. The van der Waals surface area contributed by atoms with Crippen LogP contribution in [0.2, 0.25) is 0 Å². The lowest BCUT2D eigenvalue weighted by molar-refractivity contribution is -0.118. The fourth-order valence-corrected chi connectivity index (χ4v) is 3.57. The van der Waals surface area contributed by atoms with E-state index in [1.54, 1.807) is 42.5 Å². The Labute approximate surface area is 159 Å². The zero-order valence-electron chi connectivity index (χ0n) is 14.4. The first-order chi connectivity index (χ1) is 13.2. The summed E-state index contributed by atoms with van der Waals surface area (Å²) in [5.41, 5.74) is 1.52. The Morgan fingerprint density at radius 2 is 1.96 bits per heavy atom. The topological polar surface area (TPSA) is 87.8 Å². The van der Waals surface area contributed by atoms with Gasteiger partial charge in [-0.3, -0.25) is 14.2 Å². The first-order valence-corrected chi connectivity index (χ1v) is 9.59. The summed E-state index contributed by atoms with van der Waals surface area (Å²) in [5.74, 6) is 0.133. The van der Waals surface area contributed by atoms with Crippen LogP contribution in [0.15, 0.2) is 58.5 Å². The number of nitrogens with one attached hydrogen (secondary N) is 1. The highest BCUT2D eigenvalue weighted by molar-refractivity contribution is 7.99. The number of nitrogens with zero attached hydrogens (tertiary/aromatic N) is 3. The van der Waals surface area contributed by atoms with Crippen molar-refractivity contribution in [2.75, 3.05) is 5.75 Å². The lowest BCUT2D eigenvalue weighted by atomic mass is 10.2. The summed E-state index contributed by atoms with van der Waals surface area (Å²) < 4.78 is 1.50. The van der Waals surface area contributed by atoms with E-state index >= 15 is 0 Å². The molecule has 0 unspecified atom stereocenters. The summed E-state index contributed by atoms with van der Waals surface area (Å²) in [6.45, 7) is 0. The van der Waals surface area contributed by atoms with E-state index in [0.717, 1.165) is 12.8 Å². The van der Waals surface area contributed by atoms with Crippen molar-refractivity contribution in [3.05, 3.63) is 64.4 Å². The molecule has 1 saturated carbocycles. The molecule has 0 bridgehead atoms. The van der Waals surface area contributed by atoms with Crippen molar-refractivity contribution in [2.24, 2.45) is 0 Å². The molecule has 27 heavy (non-hydrogen) atoms. The van der Waals surface area contributed by atoms with Crippen molar-refractivity contribution in [1.82, 2.24) is 14.9 Å². The number of thioether (sulfide) groups is 1. The summed E-state index contributed by atoms with van der Waals surface area (Å²) in [6.07, 6.45) is 2.06. The number of benzene rings is 2. The first-order valence-electron chi connectivity index (χ1n) is 8.60. The Hall–Kier alpha value is -3.11. The number of nitriles is 1. The molecular formula is C20H16N4O2S. The van der Waals surface area contributed by atoms with E-state index < -0.39 is 0 Å². The van der Waals surface area contributed by atoms with Gasteiger partial charge in [-0.1, -0.05) is 23.9 Å². The largest absolute Gasteiger partial charge is 0.353 e. The second kappa shape index (κ2) is 7.25. The highest BCUT2D eigenvalue weighted by Gasteiger charge is 2.23. The first kappa shape index (κ1) is 17.3. The van der Waals surface area contributed by atoms with Gasteiger partial charge in [0.1, 0.15) is 0 Å². The zero-order valence-corrected chi connectivity index (χ0v) is 15.2. The summed E-state index contributed by atoms with van der Waals surface area (Å²) in [5, 5.41) is 12.9. The molecule has 1 aliphatic carbocycles. The number of para-hydroxylation sites is 1. The van der Waals surface area contributed by atoms with Crippen LogP contribution in [0.4, 0.5) is 0 Å². The maximum absolute atomic E-state index is 13.1.